The number of halogens is 1. The van der Waals surface area contributed by atoms with Gasteiger partial charge in [0.15, 0.2) is 5.15 Å². The maximum absolute atomic E-state index is 6.02. The van der Waals surface area contributed by atoms with E-state index in [0.717, 1.165) is 17.8 Å². The lowest BCUT2D eigenvalue weighted by molar-refractivity contribution is 0.550. The van der Waals surface area contributed by atoms with Crippen molar-refractivity contribution in [2.75, 3.05) is 11.9 Å². The van der Waals surface area contributed by atoms with Crippen LogP contribution in [0.1, 0.15) is 32.3 Å². The van der Waals surface area contributed by atoms with Crippen LogP contribution in [-0.4, -0.2) is 11.5 Å². The van der Waals surface area contributed by atoms with Gasteiger partial charge in [-0.25, -0.2) is 4.98 Å². The van der Waals surface area contributed by atoms with Crippen LogP contribution in [0.25, 0.3) is 0 Å². The molecule has 0 aliphatic heterocycles. The van der Waals surface area contributed by atoms with Gasteiger partial charge in [-0.2, -0.15) is 0 Å². The normalized spacial score (nSPS) is 12.5. The van der Waals surface area contributed by atoms with Crippen molar-refractivity contribution in [1.82, 2.24) is 4.98 Å². The van der Waals surface area contributed by atoms with E-state index in [0.29, 0.717) is 11.1 Å². The van der Waals surface area contributed by atoms with Gasteiger partial charge in [0, 0.05) is 12.7 Å². The van der Waals surface area contributed by atoms with Crippen LogP contribution in [0.15, 0.2) is 12.3 Å². The Morgan fingerprint density at radius 2 is 2.27 bits per heavy atom. The Bertz CT molecular complexity index is 292. The number of nitrogens with zero attached hydrogens (tertiary/aromatic N) is 1. The van der Waals surface area contributed by atoms with Crippen LogP contribution in [0.4, 0.5) is 5.69 Å². The largest absolute Gasteiger partial charge is 0.382 e. The summed E-state index contributed by atoms with van der Waals surface area (Å²) in [6, 6.07) is 1.97. The Labute approximate surface area is 97.1 Å². The van der Waals surface area contributed by atoms with E-state index >= 15 is 0 Å². The third-order valence-corrected chi connectivity index (χ3v) is 2.81. The first-order valence-corrected chi connectivity index (χ1v) is 5.88. The molecule has 0 fully saturated rings. The van der Waals surface area contributed by atoms with Gasteiger partial charge in [0.25, 0.3) is 0 Å². The number of pyridine rings is 1. The summed E-state index contributed by atoms with van der Waals surface area (Å²) in [6.45, 7) is 7.45. The van der Waals surface area contributed by atoms with Gasteiger partial charge in [0.05, 0.1) is 5.69 Å². The molecule has 0 spiro atoms. The molecule has 1 atom stereocenters. The molecular weight excluding hydrogens is 208 g/mol. The zero-order chi connectivity index (χ0) is 11.3. The number of nitrogens with one attached hydrogen (secondary N) is 1. The third kappa shape index (κ3) is 3.71. The second-order valence-electron chi connectivity index (χ2n) is 4.07. The average molecular weight is 227 g/mol. The maximum Gasteiger partial charge on any atom is 0.152 e. The minimum Gasteiger partial charge on any atom is -0.382 e. The topological polar surface area (TPSA) is 24.9 Å². The molecular formula is C12H19ClN2. The van der Waals surface area contributed by atoms with Crippen LogP contribution in [0.2, 0.25) is 5.15 Å². The molecule has 0 bridgehead atoms. The first-order chi connectivity index (χ1) is 7.15. The Kier molecular flexibility index (Phi) is 4.89. The van der Waals surface area contributed by atoms with Crippen LogP contribution < -0.4 is 5.32 Å². The quantitative estimate of drug-likeness (QED) is 0.771. The molecule has 0 aromatic carbocycles. The van der Waals surface area contributed by atoms with E-state index < -0.39 is 0 Å². The summed E-state index contributed by atoms with van der Waals surface area (Å²) >= 11 is 6.02. The van der Waals surface area contributed by atoms with Gasteiger partial charge >= 0.3 is 0 Å². The highest BCUT2D eigenvalue weighted by molar-refractivity contribution is 6.32. The minimum atomic E-state index is 0.568. The number of aromatic nitrogens is 1. The first kappa shape index (κ1) is 12.3. The van der Waals surface area contributed by atoms with E-state index in [4.69, 9.17) is 11.6 Å². The molecule has 1 heterocycles. The number of hydrogen-bond acceptors (Lipinski definition) is 2. The molecule has 0 saturated heterocycles. The molecule has 1 aromatic heterocycles. The highest BCUT2D eigenvalue weighted by atomic mass is 35.5. The van der Waals surface area contributed by atoms with E-state index in [1.165, 1.54) is 12.8 Å². The second-order valence-corrected chi connectivity index (χ2v) is 4.43. The zero-order valence-corrected chi connectivity index (χ0v) is 10.4. The summed E-state index contributed by atoms with van der Waals surface area (Å²) in [5.74, 6) is 0.672. The molecule has 1 N–H and O–H groups in total. The second kappa shape index (κ2) is 5.96. The standard InChI is InChI=1S/C12H19ClN2/c1-4-5-9(2)8-15-11-10(3)6-7-14-12(11)13/h6-7,9,15H,4-5,8H2,1-3H3. The van der Waals surface area contributed by atoms with Crippen LogP contribution in [0.3, 0.4) is 0 Å². The van der Waals surface area contributed by atoms with Gasteiger partial charge in [-0.05, 0) is 30.9 Å². The molecule has 1 rings (SSSR count). The number of aryl methyl sites for hydroxylation is 1. The van der Waals surface area contributed by atoms with E-state index in [1.807, 2.05) is 13.0 Å². The molecule has 15 heavy (non-hydrogen) atoms. The van der Waals surface area contributed by atoms with Crippen molar-refractivity contribution in [3.05, 3.63) is 23.0 Å². The monoisotopic (exact) mass is 226 g/mol. The molecule has 0 radical (unpaired) electrons. The van der Waals surface area contributed by atoms with Gasteiger partial charge in [-0.3, -0.25) is 0 Å². The van der Waals surface area contributed by atoms with E-state index in [9.17, 15) is 0 Å². The summed E-state index contributed by atoms with van der Waals surface area (Å²) in [7, 11) is 0. The van der Waals surface area contributed by atoms with Gasteiger partial charge in [0.2, 0.25) is 0 Å². The summed E-state index contributed by atoms with van der Waals surface area (Å²) in [5, 5.41) is 3.94. The molecule has 0 aliphatic carbocycles. The zero-order valence-electron chi connectivity index (χ0n) is 9.68. The lowest BCUT2D eigenvalue weighted by atomic mass is 10.1. The first-order valence-electron chi connectivity index (χ1n) is 5.50. The molecule has 84 valence electrons. The fourth-order valence-electron chi connectivity index (χ4n) is 1.61. The molecule has 0 amide bonds. The van der Waals surface area contributed by atoms with Crippen LogP contribution in [-0.2, 0) is 0 Å². The molecule has 0 aliphatic rings. The maximum atomic E-state index is 6.02. The van der Waals surface area contributed by atoms with Crippen molar-refractivity contribution in [1.29, 1.82) is 0 Å². The van der Waals surface area contributed by atoms with Crippen LogP contribution in [0, 0.1) is 12.8 Å². The number of anilines is 1. The summed E-state index contributed by atoms with van der Waals surface area (Å²) in [6.07, 6.45) is 4.20. The minimum absolute atomic E-state index is 0.568. The Hall–Kier alpha value is -0.760. The van der Waals surface area contributed by atoms with Gasteiger partial charge in [-0.1, -0.05) is 31.9 Å². The smallest absolute Gasteiger partial charge is 0.152 e. The molecule has 1 unspecified atom stereocenters. The summed E-state index contributed by atoms with van der Waals surface area (Å²) in [4.78, 5) is 4.07. The van der Waals surface area contributed by atoms with Crippen LogP contribution >= 0.6 is 11.6 Å². The van der Waals surface area contributed by atoms with Gasteiger partial charge in [-0.15, -0.1) is 0 Å². The molecule has 1 aromatic rings. The van der Waals surface area contributed by atoms with Crippen LogP contribution in [0.5, 0.6) is 0 Å². The molecule has 0 saturated carbocycles. The van der Waals surface area contributed by atoms with Crippen molar-refractivity contribution in [3.8, 4) is 0 Å². The Morgan fingerprint density at radius 1 is 1.53 bits per heavy atom. The van der Waals surface area contributed by atoms with Crippen molar-refractivity contribution in [2.24, 2.45) is 5.92 Å². The van der Waals surface area contributed by atoms with Crippen molar-refractivity contribution in [2.45, 2.75) is 33.6 Å². The van der Waals surface area contributed by atoms with E-state index in [1.54, 1.807) is 6.20 Å². The van der Waals surface area contributed by atoms with Crippen molar-refractivity contribution < 1.29 is 0 Å². The van der Waals surface area contributed by atoms with Crippen molar-refractivity contribution >= 4 is 17.3 Å². The third-order valence-electron chi connectivity index (χ3n) is 2.52. The van der Waals surface area contributed by atoms with E-state index in [-0.39, 0.29) is 0 Å². The average Bonchev–Trinajstić information content (AvgIpc) is 2.17. The van der Waals surface area contributed by atoms with Gasteiger partial charge < -0.3 is 5.32 Å². The predicted molar refractivity (Wildman–Crippen MR) is 66.5 cm³/mol. The summed E-state index contributed by atoms with van der Waals surface area (Å²) in [5.41, 5.74) is 2.13. The highest BCUT2D eigenvalue weighted by Gasteiger charge is 2.06. The number of rotatable bonds is 5. The SMILES string of the molecule is CCCC(C)CNc1c(C)ccnc1Cl. The highest BCUT2D eigenvalue weighted by Crippen LogP contribution is 2.23. The van der Waals surface area contributed by atoms with Gasteiger partial charge in [0.1, 0.15) is 0 Å². The van der Waals surface area contributed by atoms with Crippen molar-refractivity contribution in [3.63, 3.8) is 0 Å². The Balaban J connectivity index is 2.57. The predicted octanol–water partition coefficient (Wildman–Crippen LogP) is 3.89. The fraction of sp³-hybridized carbons (Fsp3) is 0.583. The fourth-order valence-corrected chi connectivity index (χ4v) is 1.88. The molecule has 2 nitrogen and oxygen atoms in total. The number of hydrogen-bond donors (Lipinski definition) is 1. The van der Waals surface area contributed by atoms with E-state index in [2.05, 4.69) is 24.1 Å². The Morgan fingerprint density at radius 3 is 2.87 bits per heavy atom. The molecule has 3 heteroatoms. The lowest BCUT2D eigenvalue weighted by Crippen LogP contribution is -2.12. The lowest BCUT2D eigenvalue weighted by Gasteiger charge is -2.14. The summed E-state index contributed by atoms with van der Waals surface area (Å²) < 4.78 is 0.